The number of hydrogen-bond donors (Lipinski definition) is 1. The maximum absolute atomic E-state index is 3.68. The van der Waals surface area contributed by atoms with Crippen LogP contribution >= 0.6 is 11.8 Å². The van der Waals surface area contributed by atoms with Gasteiger partial charge >= 0.3 is 0 Å². The van der Waals surface area contributed by atoms with Crippen molar-refractivity contribution in [3.05, 3.63) is 0 Å². The molecule has 0 heterocycles. The molecule has 0 spiro atoms. The van der Waals surface area contributed by atoms with Gasteiger partial charge in [-0.1, -0.05) is 6.92 Å². The van der Waals surface area contributed by atoms with Gasteiger partial charge in [0.05, 0.1) is 0 Å². The third-order valence-electron chi connectivity index (χ3n) is 3.33. The van der Waals surface area contributed by atoms with Gasteiger partial charge in [0.1, 0.15) is 0 Å². The summed E-state index contributed by atoms with van der Waals surface area (Å²) in [6.45, 7) is 3.60. The highest BCUT2D eigenvalue weighted by Gasteiger charge is 2.42. The van der Waals surface area contributed by atoms with E-state index in [0.717, 1.165) is 12.0 Å². The van der Waals surface area contributed by atoms with Crippen LogP contribution in [-0.4, -0.2) is 23.6 Å². The predicted molar refractivity (Wildman–Crippen MR) is 55.7 cm³/mol. The van der Waals surface area contributed by atoms with Gasteiger partial charge in [-0.05, 0) is 37.9 Å². The molecule has 0 unspecified atom stereocenters. The fourth-order valence-electron chi connectivity index (χ4n) is 1.99. The lowest BCUT2D eigenvalue weighted by molar-refractivity contribution is 0.242. The maximum Gasteiger partial charge on any atom is 0.0282 e. The fourth-order valence-corrected chi connectivity index (χ4v) is 2.73. The zero-order valence-electron chi connectivity index (χ0n) is 8.10. The molecule has 12 heavy (non-hydrogen) atoms. The van der Waals surface area contributed by atoms with E-state index in [1.54, 1.807) is 0 Å². The van der Waals surface area contributed by atoms with Crippen molar-refractivity contribution in [3.63, 3.8) is 0 Å². The van der Waals surface area contributed by atoms with Gasteiger partial charge in [-0.15, -0.1) is 0 Å². The van der Waals surface area contributed by atoms with Gasteiger partial charge in [-0.25, -0.2) is 0 Å². The Bertz CT molecular complexity index is 159. The predicted octanol–water partition coefficient (Wildman–Crippen LogP) is 2.27. The molecule has 2 saturated carbocycles. The minimum atomic E-state index is 0.652. The third kappa shape index (κ3) is 1.80. The second-order valence-electron chi connectivity index (χ2n) is 4.54. The smallest absolute Gasteiger partial charge is 0.0282 e. The second-order valence-corrected chi connectivity index (χ2v) is 5.82. The van der Waals surface area contributed by atoms with Crippen LogP contribution in [0.3, 0.4) is 0 Å². The molecular weight excluding hydrogens is 166 g/mol. The highest BCUT2D eigenvalue weighted by Crippen LogP contribution is 2.46. The molecule has 1 N–H and O–H groups in total. The summed E-state index contributed by atoms with van der Waals surface area (Å²) in [6.07, 6.45) is 7.93. The van der Waals surface area contributed by atoms with Crippen LogP contribution in [0.1, 0.15) is 32.6 Å². The van der Waals surface area contributed by atoms with Crippen molar-refractivity contribution in [3.8, 4) is 0 Å². The number of rotatable bonds is 4. The first-order valence-corrected chi connectivity index (χ1v) is 6.25. The lowest BCUT2D eigenvalue weighted by Crippen LogP contribution is -2.43. The Labute approximate surface area is 79.7 Å². The monoisotopic (exact) mass is 185 g/mol. The molecule has 1 nitrogen and oxygen atoms in total. The van der Waals surface area contributed by atoms with Crippen LogP contribution in [0.4, 0.5) is 0 Å². The van der Waals surface area contributed by atoms with Crippen LogP contribution in [0.2, 0.25) is 0 Å². The van der Waals surface area contributed by atoms with E-state index in [1.165, 1.54) is 32.2 Å². The van der Waals surface area contributed by atoms with Gasteiger partial charge in [0.2, 0.25) is 0 Å². The molecule has 0 aromatic heterocycles. The highest BCUT2D eigenvalue weighted by molar-refractivity contribution is 8.00. The van der Waals surface area contributed by atoms with Crippen molar-refractivity contribution >= 4 is 11.8 Å². The van der Waals surface area contributed by atoms with Gasteiger partial charge in [-0.2, -0.15) is 11.8 Å². The van der Waals surface area contributed by atoms with Crippen LogP contribution in [0, 0.1) is 5.92 Å². The summed E-state index contributed by atoms with van der Waals surface area (Å²) in [5.74, 6) is 0.979. The largest absolute Gasteiger partial charge is 0.313 e. The van der Waals surface area contributed by atoms with Crippen molar-refractivity contribution in [2.24, 2.45) is 5.92 Å². The summed E-state index contributed by atoms with van der Waals surface area (Å²) >= 11 is 2.05. The molecule has 0 aromatic rings. The molecule has 0 aliphatic heterocycles. The van der Waals surface area contributed by atoms with E-state index >= 15 is 0 Å². The Morgan fingerprint density at radius 3 is 2.50 bits per heavy atom. The van der Waals surface area contributed by atoms with Crippen LogP contribution in [0.15, 0.2) is 0 Å². The summed E-state index contributed by atoms with van der Waals surface area (Å²) < 4.78 is 0.652. The Kier molecular flexibility index (Phi) is 2.39. The minimum absolute atomic E-state index is 0.652. The standard InChI is InChI=1S/C10H19NS/c1-8-5-9(6-8)11-7-10(12-2)3-4-10/h8-9,11H,3-7H2,1-2H3. The van der Waals surface area contributed by atoms with Gasteiger partial charge in [0, 0.05) is 17.3 Å². The average Bonchev–Trinajstić information content (AvgIpc) is 2.77. The lowest BCUT2D eigenvalue weighted by Gasteiger charge is -2.34. The molecule has 0 amide bonds. The summed E-state index contributed by atoms with van der Waals surface area (Å²) in [5.41, 5.74) is 0. The van der Waals surface area contributed by atoms with E-state index in [9.17, 15) is 0 Å². The molecule has 2 aliphatic rings. The number of thioether (sulfide) groups is 1. The minimum Gasteiger partial charge on any atom is -0.313 e. The quantitative estimate of drug-likeness (QED) is 0.721. The van der Waals surface area contributed by atoms with Crippen molar-refractivity contribution in [2.45, 2.75) is 43.4 Å². The molecule has 2 rings (SSSR count). The van der Waals surface area contributed by atoms with E-state index in [2.05, 4.69) is 30.3 Å². The first-order valence-electron chi connectivity index (χ1n) is 5.03. The average molecular weight is 185 g/mol. The van der Waals surface area contributed by atoms with E-state index in [-0.39, 0.29) is 0 Å². The molecular formula is C10H19NS. The lowest BCUT2D eigenvalue weighted by atomic mass is 9.82. The molecule has 2 heteroatoms. The van der Waals surface area contributed by atoms with E-state index < -0.39 is 0 Å². The van der Waals surface area contributed by atoms with E-state index in [4.69, 9.17) is 0 Å². The third-order valence-corrected chi connectivity index (χ3v) is 4.75. The molecule has 0 bridgehead atoms. The zero-order chi connectivity index (χ0) is 8.60. The molecule has 0 radical (unpaired) electrons. The van der Waals surface area contributed by atoms with Gasteiger partial charge in [-0.3, -0.25) is 0 Å². The second kappa shape index (κ2) is 3.22. The summed E-state index contributed by atoms with van der Waals surface area (Å²) in [6, 6.07) is 0.852. The van der Waals surface area contributed by atoms with Gasteiger partial charge < -0.3 is 5.32 Å². The summed E-state index contributed by atoms with van der Waals surface area (Å²) in [4.78, 5) is 0. The van der Waals surface area contributed by atoms with Crippen molar-refractivity contribution in [2.75, 3.05) is 12.8 Å². The maximum atomic E-state index is 3.68. The van der Waals surface area contributed by atoms with E-state index in [0.29, 0.717) is 4.75 Å². The Hall–Kier alpha value is 0.310. The first-order chi connectivity index (χ1) is 5.74. The molecule has 70 valence electrons. The highest BCUT2D eigenvalue weighted by atomic mass is 32.2. The van der Waals surface area contributed by atoms with Crippen molar-refractivity contribution < 1.29 is 0 Å². The first kappa shape index (κ1) is 8.89. The van der Waals surface area contributed by atoms with E-state index in [1.807, 2.05) is 0 Å². The summed E-state index contributed by atoms with van der Waals surface area (Å²) in [5, 5.41) is 3.68. The number of hydrogen-bond acceptors (Lipinski definition) is 2. The van der Waals surface area contributed by atoms with Crippen LogP contribution in [0.5, 0.6) is 0 Å². The summed E-state index contributed by atoms with van der Waals surface area (Å²) in [7, 11) is 0. The van der Waals surface area contributed by atoms with Gasteiger partial charge in [0.15, 0.2) is 0 Å². The molecule has 2 aliphatic carbocycles. The zero-order valence-corrected chi connectivity index (χ0v) is 8.91. The Morgan fingerprint density at radius 2 is 2.08 bits per heavy atom. The molecule has 0 aromatic carbocycles. The Balaban J connectivity index is 1.63. The van der Waals surface area contributed by atoms with Crippen LogP contribution in [-0.2, 0) is 0 Å². The SMILES string of the molecule is CSC1(CNC2CC(C)C2)CC1. The molecule has 0 saturated heterocycles. The van der Waals surface area contributed by atoms with Crippen molar-refractivity contribution in [1.29, 1.82) is 0 Å². The molecule has 2 fully saturated rings. The Morgan fingerprint density at radius 1 is 1.42 bits per heavy atom. The number of nitrogens with one attached hydrogen (secondary N) is 1. The van der Waals surface area contributed by atoms with Crippen molar-refractivity contribution in [1.82, 2.24) is 5.32 Å². The van der Waals surface area contributed by atoms with Crippen LogP contribution < -0.4 is 5.32 Å². The topological polar surface area (TPSA) is 12.0 Å². The van der Waals surface area contributed by atoms with Gasteiger partial charge in [0.25, 0.3) is 0 Å². The molecule has 0 atom stereocenters. The normalized spacial score (nSPS) is 37.5. The fraction of sp³-hybridized carbons (Fsp3) is 1.00. The van der Waals surface area contributed by atoms with Crippen LogP contribution in [0.25, 0.3) is 0 Å².